The summed E-state index contributed by atoms with van der Waals surface area (Å²) in [7, 11) is 0. The summed E-state index contributed by atoms with van der Waals surface area (Å²) in [5.74, 6) is 1.21. The zero-order valence-corrected chi connectivity index (χ0v) is 14.4. The summed E-state index contributed by atoms with van der Waals surface area (Å²) in [5.41, 5.74) is 6.23. The molecule has 0 saturated heterocycles. The van der Waals surface area contributed by atoms with Crippen molar-refractivity contribution in [2.45, 2.75) is 0 Å². The number of benzene rings is 2. The standard InChI is InChI=1S/C12H7Br3ClNO/c13-6-3-8(14)12(9(15)4-6)18-11-2-1-7(17)5-10(11)16/h1-5H,17H2. The van der Waals surface area contributed by atoms with Gasteiger partial charge in [-0.05, 0) is 62.2 Å². The number of hydrogen-bond acceptors (Lipinski definition) is 2. The minimum atomic E-state index is 0.469. The van der Waals surface area contributed by atoms with Gasteiger partial charge < -0.3 is 10.5 Å². The van der Waals surface area contributed by atoms with Crippen molar-refractivity contribution in [1.29, 1.82) is 0 Å². The van der Waals surface area contributed by atoms with Crippen LogP contribution in [0.15, 0.2) is 43.7 Å². The third-order valence-corrected chi connectivity index (χ3v) is 4.06. The van der Waals surface area contributed by atoms with Crippen LogP contribution < -0.4 is 10.5 Å². The van der Waals surface area contributed by atoms with E-state index in [0.717, 1.165) is 13.4 Å². The minimum Gasteiger partial charge on any atom is -0.453 e. The fourth-order valence-corrected chi connectivity index (χ4v) is 3.98. The zero-order chi connectivity index (χ0) is 13.3. The van der Waals surface area contributed by atoms with Crippen LogP contribution in [0.5, 0.6) is 11.5 Å². The van der Waals surface area contributed by atoms with E-state index in [9.17, 15) is 0 Å². The van der Waals surface area contributed by atoms with Crippen molar-refractivity contribution >= 4 is 65.1 Å². The Balaban J connectivity index is 2.40. The molecule has 0 heterocycles. The highest BCUT2D eigenvalue weighted by Crippen LogP contribution is 2.41. The highest BCUT2D eigenvalue weighted by atomic mass is 79.9. The Labute approximate surface area is 135 Å². The van der Waals surface area contributed by atoms with E-state index >= 15 is 0 Å². The van der Waals surface area contributed by atoms with E-state index in [1.165, 1.54) is 0 Å². The molecular formula is C12H7Br3ClNO. The molecule has 2 aromatic carbocycles. The van der Waals surface area contributed by atoms with Crippen LogP contribution in [0.4, 0.5) is 5.69 Å². The lowest BCUT2D eigenvalue weighted by Crippen LogP contribution is -1.90. The first-order chi connectivity index (χ1) is 8.47. The molecule has 0 aliphatic rings. The fourth-order valence-electron chi connectivity index (χ4n) is 1.34. The molecule has 0 bridgehead atoms. The number of hydrogen-bond donors (Lipinski definition) is 1. The van der Waals surface area contributed by atoms with E-state index in [1.54, 1.807) is 18.2 Å². The van der Waals surface area contributed by atoms with E-state index in [2.05, 4.69) is 47.8 Å². The first kappa shape index (κ1) is 14.2. The normalized spacial score (nSPS) is 10.4. The van der Waals surface area contributed by atoms with Gasteiger partial charge in [0.05, 0.1) is 14.0 Å². The van der Waals surface area contributed by atoms with Crippen LogP contribution in [0.1, 0.15) is 0 Å². The molecule has 0 amide bonds. The lowest BCUT2D eigenvalue weighted by Gasteiger charge is -2.12. The Morgan fingerprint density at radius 1 is 1.00 bits per heavy atom. The lowest BCUT2D eigenvalue weighted by atomic mass is 10.3. The number of nitrogen functional groups attached to an aromatic ring is 1. The molecule has 0 saturated carbocycles. The zero-order valence-electron chi connectivity index (χ0n) is 8.88. The topological polar surface area (TPSA) is 35.2 Å². The maximum atomic E-state index is 6.07. The van der Waals surface area contributed by atoms with Gasteiger partial charge >= 0.3 is 0 Å². The van der Waals surface area contributed by atoms with Crippen molar-refractivity contribution in [2.75, 3.05) is 5.73 Å². The summed E-state index contributed by atoms with van der Waals surface area (Å²) in [6, 6.07) is 8.91. The minimum absolute atomic E-state index is 0.469. The van der Waals surface area contributed by atoms with E-state index in [-0.39, 0.29) is 0 Å². The molecule has 94 valence electrons. The Morgan fingerprint density at radius 3 is 2.17 bits per heavy atom. The van der Waals surface area contributed by atoms with Crippen LogP contribution in [-0.4, -0.2) is 0 Å². The van der Waals surface area contributed by atoms with Crippen molar-refractivity contribution < 1.29 is 4.74 Å². The molecule has 6 heteroatoms. The highest BCUT2D eigenvalue weighted by molar-refractivity contribution is 9.11. The Morgan fingerprint density at radius 2 is 1.61 bits per heavy atom. The second-order valence-corrected chi connectivity index (χ2v) is 6.52. The molecule has 2 nitrogen and oxygen atoms in total. The fraction of sp³-hybridized carbons (Fsp3) is 0. The van der Waals surface area contributed by atoms with Crippen molar-refractivity contribution in [3.8, 4) is 11.5 Å². The average Bonchev–Trinajstić information content (AvgIpc) is 2.25. The summed E-state index contributed by atoms with van der Waals surface area (Å²) in [6.45, 7) is 0. The number of rotatable bonds is 2. The van der Waals surface area contributed by atoms with E-state index in [0.29, 0.717) is 22.2 Å². The Bertz CT molecular complexity index is 581. The molecule has 2 N–H and O–H groups in total. The molecule has 2 rings (SSSR count). The van der Waals surface area contributed by atoms with E-state index in [4.69, 9.17) is 22.1 Å². The molecule has 0 atom stereocenters. The van der Waals surface area contributed by atoms with Crippen LogP contribution >= 0.6 is 59.4 Å². The third-order valence-electron chi connectivity index (χ3n) is 2.13. The van der Waals surface area contributed by atoms with Crippen molar-refractivity contribution in [1.82, 2.24) is 0 Å². The summed E-state index contributed by atoms with van der Waals surface area (Å²) in [4.78, 5) is 0. The SMILES string of the molecule is Nc1ccc(Oc2c(Br)cc(Br)cc2Br)c(Cl)c1. The molecule has 0 unspecified atom stereocenters. The number of halogens is 4. The summed E-state index contributed by atoms with van der Waals surface area (Å²) in [5, 5.41) is 0.469. The maximum Gasteiger partial charge on any atom is 0.155 e. The van der Waals surface area contributed by atoms with Gasteiger partial charge in [-0.3, -0.25) is 0 Å². The van der Waals surface area contributed by atoms with Crippen molar-refractivity contribution in [3.63, 3.8) is 0 Å². The first-order valence-electron chi connectivity index (χ1n) is 4.85. The molecule has 0 fully saturated rings. The van der Waals surface area contributed by atoms with Crippen molar-refractivity contribution in [2.24, 2.45) is 0 Å². The van der Waals surface area contributed by atoms with Gasteiger partial charge in [-0.25, -0.2) is 0 Å². The molecule has 0 aliphatic heterocycles. The number of ether oxygens (including phenoxy) is 1. The third kappa shape index (κ3) is 3.20. The molecular weight excluding hydrogens is 449 g/mol. The summed E-state index contributed by atoms with van der Waals surface area (Å²) < 4.78 is 8.35. The predicted octanol–water partition coefficient (Wildman–Crippen LogP) is 6.00. The predicted molar refractivity (Wildman–Crippen MR) is 85.5 cm³/mol. The van der Waals surface area contributed by atoms with Gasteiger partial charge in [-0.2, -0.15) is 0 Å². The lowest BCUT2D eigenvalue weighted by molar-refractivity contribution is 0.477. The molecule has 0 aliphatic carbocycles. The maximum absolute atomic E-state index is 6.07. The Kier molecular flexibility index (Phi) is 4.59. The summed E-state index contributed by atoms with van der Waals surface area (Å²) in [6.07, 6.45) is 0. The van der Waals surface area contributed by atoms with Gasteiger partial charge in [0, 0.05) is 10.2 Å². The van der Waals surface area contributed by atoms with Gasteiger partial charge in [0.25, 0.3) is 0 Å². The van der Waals surface area contributed by atoms with Gasteiger partial charge in [0.1, 0.15) is 5.75 Å². The largest absolute Gasteiger partial charge is 0.453 e. The van der Waals surface area contributed by atoms with Gasteiger partial charge in [0.15, 0.2) is 5.75 Å². The van der Waals surface area contributed by atoms with Gasteiger partial charge in [-0.15, -0.1) is 0 Å². The number of nitrogens with two attached hydrogens (primary N) is 1. The second-order valence-electron chi connectivity index (χ2n) is 3.49. The molecule has 0 aromatic heterocycles. The first-order valence-corrected chi connectivity index (χ1v) is 7.60. The number of anilines is 1. The molecule has 18 heavy (non-hydrogen) atoms. The second kappa shape index (κ2) is 5.82. The van der Waals surface area contributed by atoms with Crippen LogP contribution in [0, 0.1) is 0 Å². The highest BCUT2D eigenvalue weighted by Gasteiger charge is 2.11. The van der Waals surface area contributed by atoms with Gasteiger partial charge in [0.2, 0.25) is 0 Å². The Hall–Kier alpha value is -0.230. The molecule has 2 aromatic rings. The van der Waals surface area contributed by atoms with Gasteiger partial charge in [-0.1, -0.05) is 27.5 Å². The van der Waals surface area contributed by atoms with Crippen LogP contribution in [0.3, 0.4) is 0 Å². The van der Waals surface area contributed by atoms with Crippen LogP contribution in [0.2, 0.25) is 5.02 Å². The molecule has 0 radical (unpaired) electrons. The van der Waals surface area contributed by atoms with Crippen LogP contribution in [0.25, 0.3) is 0 Å². The summed E-state index contributed by atoms with van der Waals surface area (Å²) >= 11 is 16.4. The van der Waals surface area contributed by atoms with E-state index < -0.39 is 0 Å². The smallest absolute Gasteiger partial charge is 0.155 e. The van der Waals surface area contributed by atoms with E-state index in [1.807, 2.05) is 12.1 Å². The quantitative estimate of drug-likeness (QED) is 0.563. The average molecular weight is 456 g/mol. The van der Waals surface area contributed by atoms with Crippen molar-refractivity contribution in [3.05, 3.63) is 48.8 Å². The molecule has 0 spiro atoms. The monoisotopic (exact) mass is 453 g/mol. The van der Waals surface area contributed by atoms with Crippen LogP contribution in [-0.2, 0) is 0 Å².